The van der Waals surface area contributed by atoms with Crippen molar-refractivity contribution in [3.8, 4) is 0 Å². The van der Waals surface area contributed by atoms with Gasteiger partial charge in [-0.25, -0.2) is 4.79 Å². The first-order valence-electron chi connectivity index (χ1n) is 5.47. The number of ether oxygens (including phenoxy) is 4. The maximum absolute atomic E-state index is 10.6. The van der Waals surface area contributed by atoms with Crippen LogP contribution >= 0.6 is 0 Å². The molecule has 1 amide bonds. The summed E-state index contributed by atoms with van der Waals surface area (Å²) < 4.78 is 19.7. The fourth-order valence-corrected chi connectivity index (χ4v) is 0.904. The standard InChI is InChI=1S/C10H21NO6/c1-14-10(13)11-2-4-15-6-8-17-9-7-16-5-3-12/h12H,2-9H2,1H3,(H,11,13). The third kappa shape index (κ3) is 13.0. The molecule has 0 aliphatic heterocycles. The topological polar surface area (TPSA) is 86.3 Å². The molecule has 102 valence electrons. The van der Waals surface area contributed by atoms with E-state index in [1.807, 2.05) is 0 Å². The smallest absolute Gasteiger partial charge is 0.406 e. The van der Waals surface area contributed by atoms with E-state index in [9.17, 15) is 4.79 Å². The van der Waals surface area contributed by atoms with Gasteiger partial charge in [-0.3, -0.25) is 0 Å². The van der Waals surface area contributed by atoms with Crippen LogP contribution in [0.5, 0.6) is 0 Å². The lowest BCUT2D eigenvalue weighted by molar-refractivity contribution is 0.00823. The third-order valence-corrected chi connectivity index (χ3v) is 1.68. The first-order valence-corrected chi connectivity index (χ1v) is 5.47. The van der Waals surface area contributed by atoms with Crippen LogP contribution in [-0.4, -0.2) is 71.1 Å². The van der Waals surface area contributed by atoms with Gasteiger partial charge in [-0.2, -0.15) is 0 Å². The van der Waals surface area contributed by atoms with Gasteiger partial charge in [0.05, 0.1) is 53.4 Å². The summed E-state index contributed by atoms with van der Waals surface area (Å²) >= 11 is 0. The molecule has 0 radical (unpaired) electrons. The lowest BCUT2D eigenvalue weighted by Gasteiger charge is -2.06. The molecular formula is C10H21NO6. The van der Waals surface area contributed by atoms with Gasteiger partial charge in [0.1, 0.15) is 0 Å². The van der Waals surface area contributed by atoms with E-state index in [-0.39, 0.29) is 6.61 Å². The molecular weight excluding hydrogens is 230 g/mol. The minimum absolute atomic E-state index is 0.0241. The monoisotopic (exact) mass is 251 g/mol. The van der Waals surface area contributed by atoms with Gasteiger partial charge in [0.2, 0.25) is 0 Å². The molecule has 0 aromatic rings. The maximum atomic E-state index is 10.6. The van der Waals surface area contributed by atoms with E-state index in [0.717, 1.165) is 0 Å². The predicted octanol–water partition coefficient (Wildman–Crippen LogP) is -0.615. The Morgan fingerprint density at radius 1 is 1.00 bits per heavy atom. The average molecular weight is 251 g/mol. The third-order valence-electron chi connectivity index (χ3n) is 1.68. The van der Waals surface area contributed by atoms with Gasteiger partial charge in [0.15, 0.2) is 0 Å². The molecule has 0 fully saturated rings. The summed E-state index contributed by atoms with van der Waals surface area (Å²) in [4.78, 5) is 10.6. The molecule has 0 saturated heterocycles. The van der Waals surface area contributed by atoms with Crippen molar-refractivity contribution in [2.75, 3.05) is 59.9 Å². The minimum atomic E-state index is -0.467. The number of carbonyl (C=O) groups is 1. The number of nitrogens with one attached hydrogen (secondary N) is 1. The Morgan fingerprint density at radius 2 is 1.53 bits per heavy atom. The van der Waals surface area contributed by atoms with Crippen LogP contribution in [0.15, 0.2) is 0 Å². The zero-order chi connectivity index (χ0) is 12.8. The van der Waals surface area contributed by atoms with Crippen LogP contribution in [0.2, 0.25) is 0 Å². The second-order valence-corrected chi connectivity index (χ2v) is 2.98. The molecule has 0 spiro atoms. The highest BCUT2D eigenvalue weighted by atomic mass is 16.5. The van der Waals surface area contributed by atoms with E-state index in [4.69, 9.17) is 19.3 Å². The Hall–Kier alpha value is -0.890. The van der Waals surface area contributed by atoms with Crippen LogP contribution in [0.3, 0.4) is 0 Å². The van der Waals surface area contributed by atoms with E-state index in [1.54, 1.807) is 0 Å². The number of carbonyl (C=O) groups excluding carboxylic acids is 1. The van der Waals surface area contributed by atoms with Gasteiger partial charge < -0.3 is 29.4 Å². The highest BCUT2D eigenvalue weighted by Gasteiger charge is 1.96. The lowest BCUT2D eigenvalue weighted by atomic mass is 10.6. The summed E-state index contributed by atoms with van der Waals surface area (Å²) in [7, 11) is 1.31. The van der Waals surface area contributed by atoms with Crippen molar-refractivity contribution in [3.63, 3.8) is 0 Å². The molecule has 0 bridgehead atoms. The Bertz CT molecular complexity index is 178. The summed E-state index contributed by atoms with van der Waals surface area (Å²) in [5.41, 5.74) is 0. The van der Waals surface area contributed by atoms with Crippen LogP contribution in [-0.2, 0) is 18.9 Å². The number of aliphatic hydroxyl groups excluding tert-OH is 1. The molecule has 7 nitrogen and oxygen atoms in total. The molecule has 7 heteroatoms. The van der Waals surface area contributed by atoms with Crippen LogP contribution < -0.4 is 5.32 Å². The predicted molar refractivity (Wildman–Crippen MR) is 60.0 cm³/mol. The Morgan fingerprint density at radius 3 is 2.06 bits per heavy atom. The maximum Gasteiger partial charge on any atom is 0.406 e. The van der Waals surface area contributed by atoms with Crippen molar-refractivity contribution in [3.05, 3.63) is 0 Å². The molecule has 0 aromatic carbocycles. The van der Waals surface area contributed by atoms with Crippen LogP contribution in [0, 0.1) is 0 Å². The summed E-state index contributed by atoms with van der Waals surface area (Å²) in [6, 6.07) is 0. The van der Waals surface area contributed by atoms with Gasteiger partial charge in [-0.1, -0.05) is 0 Å². The number of hydrogen-bond donors (Lipinski definition) is 2. The van der Waals surface area contributed by atoms with E-state index < -0.39 is 6.09 Å². The summed E-state index contributed by atoms with van der Waals surface area (Å²) in [6.45, 7) is 3.05. The van der Waals surface area contributed by atoms with E-state index in [1.165, 1.54) is 7.11 Å². The Labute approximate surface area is 101 Å². The first kappa shape index (κ1) is 16.1. The van der Waals surface area contributed by atoms with E-state index in [0.29, 0.717) is 46.2 Å². The highest BCUT2D eigenvalue weighted by molar-refractivity contribution is 5.66. The zero-order valence-electron chi connectivity index (χ0n) is 10.1. The largest absolute Gasteiger partial charge is 0.453 e. The van der Waals surface area contributed by atoms with Crippen molar-refractivity contribution in [2.45, 2.75) is 0 Å². The molecule has 0 aliphatic carbocycles. The molecule has 0 saturated carbocycles. The van der Waals surface area contributed by atoms with Crippen LogP contribution in [0.25, 0.3) is 0 Å². The molecule has 0 aromatic heterocycles. The van der Waals surface area contributed by atoms with Gasteiger partial charge in [-0.05, 0) is 0 Å². The second kappa shape index (κ2) is 13.2. The number of alkyl carbamates (subject to hydrolysis) is 1. The fourth-order valence-electron chi connectivity index (χ4n) is 0.904. The number of rotatable bonds is 11. The highest BCUT2D eigenvalue weighted by Crippen LogP contribution is 1.81. The number of hydrogen-bond acceptors (Lipinski definition) is 6. The first-order chi connectivity index (χ1) is 8.31. The quantitative estimate of drug-likeness (QED) is 0.476. The zero-order valence-corrected chi connectivity index (χ0v) is 10.1. The molecule has 0 heterocycles. The molecule has 0 aliphatic rings. The number of aliphatic hydroxyl groups is 1. The fraction of sp³-hybridized carbons (Fsp3) is 0.900. The number of methoxy groups -OCH3 is 1. The van der Waals surface area contributed by atoms with Crippen LogP contribution in [0.4, 0.5) is 4.79 Å². The van der Waals surface area contributed by atoms with E-state index in [2.05, 4.69) is 10.1 Å². The summed E-state index contributed by atoms with van der Waals surface area (Å²) in [6.07, 6.45) is -0.467. The molecule has 2 N–H and O–H groups in total. The van der Waals surface area contributed by atoms with Crippen molar-refractivity contribution in [2.24, 2.45) is 0 Å². The molecule has 0 atom stereocenters. The summed E-state index contributed by atoms with van der Waals surface area (Å²) in [5, 5.41) is 10.9. The summed E-state index contributed by atoms with van der Waals surface area (Å²) in [5.74, 6) is 0. The Balaban J connectivity index is 2.96. The van der Waals surface area contributed by atoms with Crippen molar-refractivity contribution < 1.29 is 28.8 Å². The lowest BCUT2D eigenvalue weighted by Crippen LogP contribution is -2.27. The van der Waals surface area contributed by atoms with Crippen molar-refractivity contribution in [1.82, 2.24) is 5.32 Å². The minimum Gasteiger partial charge on any atom is -0.453 e. The average Bonchev–Trinajstić information content (AvgIpc) is 2.35. The van der Waals surface area contributed by atoms with Gasteiger partial charge in [0, 0.05) is 6.54 Å². The Kier molecular flexibility index (Phi) is 12.5. The number of amides is 1. The van der Waals surface area contributed by atoms with Gasteiger partial charge in [0.25, 0.3) is 0 Å². The SMILES string of the molecule is COC(=O)NCCOCCOCCOCCO. The van der Waals surface area contributed by atoms with Gasteiger partial charge >= 0.3 is 6.09 Å². The second-order valence-electron chi connectivity index (χ2n) is 2.98. The molecule has 0 rings (SSSR count). The van der Waals surface area contributed by atoms with Crippen LogP contribution in [0.1, 0.15) is 0 Å². The molecule has 0 unspecified atom stereocenters. The van der Waals surface area contributed by atoms with Crippen molar-refractivity contribution >= 4 is 6.09 Å². The van der Waals surface area contributed by atoms with E-state index >= 15 is 0 Å². The van der Waals surface area contributed by atoms with Crippen molar-refractivity contribution in [1.29, 1.82) is 0 Å². The molecule has 17 heavy (non-hydrogen) atoms. The van der Waals surface area contributed by atoms with Gasteiger partial charge in [-0.15, -0.1) is 0 Å². The normalized spacial score (nSPS) is 10.2.